The topological polar surface area (TPSA) is 83.0 Å². The normalized spacial score (nSPS) is 18.1. The Labute approximate surface area is 178 Å². The molecule has 0 aromatic heterocycles. The van der Waals surface area contributed by atoms with Crippen LogP contribution in [0.1, 0.15) is 31.2 Å². The van der Waals surface area contributed by atoms with Gasteiger partial charge in [-0.25, -0.2) is 18.1 Å². The first-order valence-electron chi connectivity index (χ1n) is 10.5. The van der Waals surface area contributed by atoms with E-state index in [9.17, 15) is 8.42 Å². The maximum atomic E-state index is 12.3. The minimum atomic E-state index is -3.57. The minimum Gasteiger partial charge on any atom is -0.494 e. The molecule has 0 bridgehead atoms. The van der Waals surface area contributed by atoms with Crippen LogP contribution < -0.4 is 14.8 Å². The highest BCUT2D eigenvalue weighted by atomic mass is 32.2. The van der Waals surface area contributed by atoms with Gasteiger partial charge in [0.1, 0.15) is 10.6 Å². The summed E-state index contributed by atoms with van der Waals surface area (Å²) in [6.07, 6.45) is 4.64. The number of likely N-dealkylation sites (tertiary alicyclic amines) is 1. The predicted molar refractivity (Wildman–Crippen MR) is 118 cm³/mol. The molecule has 30 heavy (non-hydrogen) atoms. The van der Waals surface area contributed by atoms with E-state index in [0.29, 0.717) is 18.8 Å². The number of para-hydroxylation sites is 1. The molecule has 8 heteroatoms. The van der Waals surface area contributed by atoms with Gasteiger partial charge in [0.25, 0.3) is 10.0 Å². The molecule has 2 aromatic rings. The first kappa shape index (κ1) is 20.7. The SMILES string of the molecule is O=S1(=O)NC(NCCCOc2cccc(CN3CCCCC3)c2)=Nc2ccccc21. The summed E-state index contributed by atoms with van der Waals surface area (Å²) < 4.78 is 32.9. The van der Waals surface area contributed by atoms with Gasteiger partial charge in [-0.3, -0.25) is 4.90 Å². The van der Waals surface area contributed by atoms with Crippen LogP contribution in [-0.4, -0.2) is 45.5 Å². The molecule has 0 spiro atoms. The second-order valence-corrected chi connectivity index (χ2v) is 9.30. The zero-order valence-corrected chi connectivity index (χ0v) is 17.8. The third kappa shape index (κ3) is 5.31. The Morgan fingerprint density at radius 2 is 1.90 bits per heavy atom. The molecule has 1 saturated heterocycles. The lowest BCUT2D eigenvalue weighted by atomic mass is 10.1. The van der Waals surface area contributed by atoms with Gasteiger partial charge in [-0.2, -0.15) is 0 Å². The van der Waals surface area contributed by atoms with E-state index in [2.05, 4.69) is 32.1 Å². The summed E-state index contributed by atoms with van der Waals surface area (Å²) in [7, 11) is -3.57. The lowest BCUT2D eigenvalue weighted by Crippen LogP contribution is -2.43. The third-order valence-electron chi connectivity index (χ3n) is 5.25. The number of nitrogens with zero attached hydrogens (tertiary/aromatic N) is 2. The van der Waals surface area contributed by atoms with Crippen LogP contribution in [0.5, 0.6) is 5.75 Å². The zero-order valence-electron chi connectivity index (χ0n) is 17.0. The molecule has 2 aliphatic rings. The van der Waals surface area contributed by atoms with Crippen molar-refractivity contribution in [1.29, 1.82) is 0 Å². The molecule has 0 atom stereocenters. The first-order chi connectivity index (χ1) is 14.6. The maximum absolute atomic E-state index is 12.3. The quantitative estimate of drug-likeness (QED) is 0.663. The highest BCUT2D eigenvalue weighted by molar-refractivity contribution is 7.90. The fourth-order valence-corrected chi connectivity index (χ4v) is 4.89. The first-order valence-corrected chi connectivity index (χ1v) is 12.0. The monoisotopic (exact) mass is 428 g/mol. The molecule has 2 heterocycles. The Balaban J connectivity index is 1.23. The number of fused-ring (bicyclic) bond motifs is 1. The van der Waals surface area contributed by atoms with Crippen LogP contribution in [0.3, 0.4) is 0 Å². The molecule has 2 N–H and O–H groups in total. The number of hydrogen-bond donors (Lipinski definition) is 2. The van der Waals surface area contributed by atoms with Crippen LogP contribution in [0.2, 0.25) is 0 Å². The average Bonchev–Trinajstić information content (AvgIpc) is 2.74. The van der Waals surface area contributed by atoms with Gasteiger partial charge in [0.05, 0.1) is 12.3 Å². The standard InChI is InChI=1S/C22H28N4O3S/c27-30(28)21-11-3-2-10-20(21)24-22(25-30)23-12-7-15-29-19-9-6-8-18(16-19)17-26-13-4-1-5-14-26/h2-3,6,8-11,16H,1,4-5,7,12-15,17H2,(H2,23,24,25). The summed E-state index contributed by atoms with van der Waals surface area (Å²) in [5.74, 6) is 1.12. The van der Waals surface area contributed by atoms with E-state index in [4.69, 9.17) is 4.74 Å². The second-order valence-electron chi connectivity index (χ2n) is 7.65. The van der Waals surface area contributed by atoms with E-state index in [1.807, 2.05) is 12.1 Å². The molecule has 160 valence electrons. The van der Waals surface area contributed by atoms with Crippen molar-refractivity contribution < 1.29 is 13.2 Å². The average molecular weight is 429 g/mol. The van der Waals surface area contributed by atoms with Crippen LogP contribution in [0.15, 0.2) is 58.4 Å². The Morgan fingerprint density at radius 1 is 1.07 bits per heavy atom. The van der Waals surface area contributed by atoms with Gasteiger partial charge >= 0.3 is 0 Å². The van der Waals surface area contributed by atoms with Crippen LogP contribution in [-0.2, 0) is 16.6 Å². The van der Waals surface area contributed by atoms with Crippen LogP contribution in [0.25, 0.3) is 0 Å². The Morgan fingerprint density at radius 3 is 2.77 bits per heavy atom. The van der Waals surface area contributed by atoms with Crippen molar-refractivity contribution in [3.05, 3.63) is 54.1 Å². The van der Waals surface area contributed by atoms with Gasteiger partial charge < -0.3 is 10.1 Å². The fourth-order valence-electron chi connectivity index (χ4n) is 3.76. The molecule has 0 saturated carbocycles. The van der Waals surface area contributed by atoms with E-state index >= 15 is 0 Å². The van der Waals surface area contributed by atoms with Crippen molar-refractivity contribution in [1.82, 2.24) is 14.9 Å². The predicted octanol–water partition coefficient (Wildman–Crippen LogP) is 3.01. The summed E-state index contributed by atoms with van der Waals surface area (Å²) in [5.41, 5.74) is 1.72. The number of piperidine rings is 1. The van der Waals surface area contributed by atoms with Crippen molar-refractivity contribution >= 4 is 21.7 Å². The van der Waals surface area contributed by atoms with Gasteiger partial charge in [0, 0.05) is 13.1 Å². The van der Waals surface area contributed by atoms with Crippen LogP contribution in [0, 0.1) is 0 Å². The third-order valence-corrected chi connectivity index (χ3v) is 6.64. The maximum Gasteiger partial charge on any atom is 0.266 e. The van der Waals surface area contributed by atoms with Gasteiger partial charge in [0.2, 0.25) is 5.96 Å². The summed E-state index contributed by atoms with van der Waals surface area (Å²) >= 11 is 0. The van der Waals surface area contributed by atoms with Gasteiger partial charge in [-0.1, -0.05) is 30.7 Å². The van der Waals surface area contributed by atoms with Crippen LogP contribution >= 0.6 is 0 Å². The molecule has 0 aliphatic carbocycles. The molecular formula is C22H28N4O3S. The Bertz CT molecular complexity index is 1000. The highest BCUT2D eigenvalue weighted by Gasteiger charge is 2.24. The highest BCUT2D eigenvalue weighted by Crippen LogP contribution is 2.26. The molecule has 0 radical (unpaired) electrons. The molecule has 2 aromatic carbocycles. The lowest BCUT2D eigenvalue weighted by molar-refractivity contribution is 0.220. The van der Waals surface area contributed by atoms with E-state index in [0.717, 1.165) is 18.7 Å². The molecular weight excluding hydrogens is 400 g/mol. The number of hydrogen-bond acceptors (Lipinski definition) is 6. The van der Waals surface area contributed by atoms with Gasteiger partial charge in [-0.05, 0) is 62.2 Å². The second kappa shape index (κ2) is 9.49. The molecule has 2 aliphatic heterocycles. The Kier molecular flexibility index (Phi) is 6.54. The van der Waals surface area contributed by atoms with E-state index in [-0.39, 0.29) is 10.9 Å². The molecule has 7 nitrogen and oxygen atoms in total. The van der Waals surface area contributed by atoms with Crippen molar-refractivity contribution in [2.24, 2.45) is 4.99 Å². The summed E-state index contributed by atoms with van der Waals surface area (Å²) in [6, 6.07) is 15.0. The fraction of sp³-hybridized carbons (Fsp3) is 0.409. The molecule has 1 fully saturated rings. The van der Waals surface area contributed by atoms with E-state index in [1.165, 1.54) is 37.9 Å². The number of ether oxygens (including phenoxy) is 1. The van der Waals surface area contributed by atoms with Gasteiger partial charge in [0.15, 0.2) is 0 Å². The Hall–Kier alpha value is -2.58. The van der Waals surface area contributed by atoms with E-state index < -0.39 is 10.0 Å². The van der Waals surface area contributed by atoms with Crippen molar-refractivity contribution in [2.45, 2.75) is 37.1 Å². The summed E-state index contributed by atoms with van der Waals surface area (Å²) in [4.78, 5) is 7.03. The molecule has 4 rings (SSSR count). The number of sulfonamides is 1. The van der Waals surface area contributed by atoms with Gasteiger partial charge in [-0.15, -0.1) is 0 Å². The largest absolute Gasteiger partial charge is 0.494 e. The number of nitrogens with one attached hydrogen (secondary N) is 2. The number of rotatable bonds is 7. The van der Waals surface area contributed by atoms with Crippen molar-refractivity contribution in [3.63, 3.8) is 0 Å². The summed E-state index contributed by atoms with van der Waals surface area (Å²) in [5, 5.41) is 3.04. The minimum absolute atomic E-state index is 0.198. The number of aliphatic imine (C=N–C) groups is 1. The molecule has 0 amide bonds. The smallest absolute Gasteiger partial charge is 0.266 e. The van der Waals surface area contributed by atoms with Crippen molar-refractivity contribution in [2.75, 3.05) is 26.2 Å². The van der Waals surface area contributed by atoms with Crippen LogP contribution in [0.4, 0.5) is 5.69 Å². The number of guanidine groups is 1. The molecule has 0 unspecified atom stereocenters. The van der Waals surface area contributed by atoms with Crippen molar-refractivity contribution in [3.8, 4) is 5.75 Å². The zero-order chi connectivity index (χ0) is 20.8. The lowest BCUT2D eigenvalue weighted by Gasteiger charge is -2.26. The van der Waals surface area contributed by atoms with E-state index in [1.54, 1.807) is 24.3 Å². The summed E-state index contributed by atoms with van der Waals surface area (Å²) in [6.45, 7) is 4.41. The number of benzene rings is 2.